The summed E-state index contributed by atoms with van der Waals surface area (Å²) in [5, 5.41) is 19.3. The van der Waals surface area contributed by atoms with Gasteiger partial charge in [-0.05, 0) is 78.1 Å². The highest BCUT2D eigenvalue weighted by molar-refractivity contribution is 7.97. The van der Waals surface area contributed by atoms with Crippen LogP contribution in [0.5, 0.6) is 11.5 Å². The molecule has 0 aliphatic heterocycles. The molecule has 2 N–H and O–H groups in total. The van der Waals surface area contributed by atoms with Crippen molar-refractivity contribution in [1.82, 2.24) is 0 Å². The lowest BCUT2D eigenvalue weighted by Gasteiger charge is -2.23. The summed E-state index contributed by atoms with van der Waals surface area (Å²) in [5.74, 6) is 0.533. The first-order valence-corrected chi connectivity index (χ1v) is 10.1. The lowest BCUT2D eigenvalue weighted by molar-refractivity contribution is 0.474. The summed E-state index contributed by atoms with van der Waals surface area (Å²) in [7, 11) is -0.290. The minimum absolute atomic E-state index is 0.161. The van der Waals surface area contributed by atoms with Crippen LogP contribution in [-0.4, -0.2) is 10.2 Å². The summed E-state index contributed by atoms with van der Waals surface area (Å²) >= 11 is 0. The van der Waals surface area contributed by atoms with Crippen LogP contribution in [-0.2, 0) is 16.3 Å². The molecule has 0 atom stereocenters. The van der Waals surface area contributed by atoms with Crippen LogP contribution in [0.2, 0.25) is 0 Å². The molecule has 0 bridgehead atoms. The van der Waals surface area contributed by atoms with Crippen molar-refractivity contribution in [2.75, 3.05) is 0 Å². The molecule has 134 valence electrons. The maximum absolute atomic E-state index is 9.64. The van der Waals surface area contributed by atoms with Crippen molar-refractivity contribution in [3.8, 4) is 11.5 Å². The Hall–Kier alpha value is -2.39. The van der Waals surface area contributed by atoms with Crippen molar-refractivity contribution in [3.05, 3.63) is 78.4 Å². The molecule has 3 aromatic rings. The predicted molar refractivity (Wildman–Crippen MR) is 108 cm³/mol. The minimum atomic E-state index is -0.290. The molecule has 2 nitrogen and oxygen atoms in total. The standard InChI is InChI=1S/C23H24O2S/c1-4-23(2,3)17-5-11-20(12-6-17)26(21-13-7-18(24)8-14-21)22-15-9-19(25)10-16-22/h5-16H,4H2,1-3H3,(H-,24,25)/p+1. The maximum Gasteiger partial charge on any atom is 0.166 e. The van der Waals surface area contributed by atoms with E-state index in [1.165, 1.54) is 10.5 Å². The molecule has 3 heteroatoms. The van der Waals surface area contributed by atoms with Gasteiger partial charge in [0.1, 0.15) is 11.5 Å². The van der Waals surface area contributed by atoms with Crippen molar-refractivity contribution in [3.63, 3.8) is 0 Å². The molecule has 0 aliphatic carbocycles. The Morgan fingerprint density at radius 3 is 1.35 bits per heavy atom. The third-order valence-corrected chi connectivity index (χ3v) is 7.13. The molecule has 0 amide bonds. The SMILES string of the molecule is CCC(C)(C)c1ccc([S+](c2ccc(O)cc2)c2ccc(O)cc2)cc1. The fourth-order valence-corrected chi connectivity index (χ4v) is 4.86. The van der Waals surface area contributed by atoms with E-state index < -0.39 is 0 Å². The second kappa shape index (κ2) is 7.46. The molecule has 0 aliphatic rings. The fraction of sp³-hybridized carbons (Fsp3) is 0.217. The van der Waals surface area contributed by atoms with Crippen molar-refractivity contribution >= 4 is 10.9 Å². The molecular weight excluding hydrogens is 340 g/mol. The number of benzene rings is 3. The quantitative estimate of drug-likeness (QED) is 0.554. The number of aromatic hydroxyl groups is 2. The second-order valence-corrected chi connectivity index (χ2v) is 9.08. The lowest BCUT2D eigenvalue weighted by atomic mass is 9.82. The number of phenolic OH excluding ortho intramolecular Hbond substituents is 2. The molecule has 3 aromatic carbocycles. The monoisotopic (exact) mass is 365 g/mol. The Balaban J connectivity index is 2.06. The largest absolute Gasteiger partial charge is 0.508 e. The van der Waals surface area contributed by atoms with E-state index in [0.717, 1.165) is 16.2 Å². The summed E-state index contributed by atoms with van der Waals surface area (Å²) in [6, 6.07) is 23.6. The zero-order chi connectivity index (χ0) is 18.7. The van der Waals surface area contributed by atoms with Crippen LogP contribution >= 0.6 is 0 Å². The Kier molecular flexibility index (Phi) is 5.28. The number of rotatable bonds is 5. The smallest absolute Gasteiger partial charge is 0.166 e. The highest BCUT2D eigenvalue weighted by Gasteiger charge is 2.29. The third kappa shape index (κ3) is 3.88. The van der Waals surface area contributed by atoms with Gasteiger partial charge >= 0.3 is 0 Å². The van der Waals surface area contributed by atoms with Gasteiger partial charge in [-0.1, -0.05) is 32.9 Å². The summed E-state index contributed by atoms with van der Waals surface area (Å²) in [4.78, 5) is 3.49. The fourth-order valence-electron chi connectivity index (χ4n) is 2.82. The molecule has 0 radical (unpaired) electrons. The van der Waals surface area contributed by atoms with Gasteiger partial charge in [0.25, 0.3) is 0 Å². The van der Waals surface area contributed by atoms with E-state index in [4.69, 9.17) is 0 Å². The Labute approximate surface area is 158 Å². The topological polar surface area (TPSA) is 40.5 Å². The minimum Gasteiger partial charge on any atom is -0.508 e. The highest BCUT2D eigenvalue weighted by atomic mass is 32.2. The van der Waals surface area contributed by atoms with Gasteiger partial charge in [-0.15, -0.1) is 0 Å². The van der Waals surface area contributed by atoms with Gasteiger partial charge in [0.05, 0.1) is 10.9 Å². The van der Waals surface area contributed by atoms with Crippen molar-refractivity contribution in [2.45, 2.75) is 47.3 Å². The summed E-state index contributed by atoms with van der Waals surface area (Å²) in [6.07, 6.45) is 1.09. The van der Waals surface area contributed by atoms with Crippen LogP contribution < -0.4 is 0 Å². The number of hydrogen-bond acceptors (Lipinski definition) is 2. The van der Waals surface area contributed by atoms with Crippen LogP contribution in [0.1, 0.15) is 32.8 Å². The van der Waals surface area contributed by atoms with Gasteiger partial charge in [-0.25, -0.2) is 0 Å². The molecule has 0 spiro atoms. The van der Waals surface area contributed by atoms with E-state index in [9.17, 15) is 10.2 Å². The van der Waals surface area contributed by atoms with E-state index in [1.807, 2.05) is 24.3 Å². The van der Waals surface area contributed by atoms with Gasteiger partial charge in [-0.2, -0.15) is 0 Å². The number of hydrogen-bond donors (Lipinski definition) is 2. The summed E-state index contributed by atoms with van der Waals surface area (Å²) < 4.78 is 0. The molecule has 0 fully saturated rings. The van der Waals surface area contributed by atoms with Gasteiger partial charge in [0.15, 0.2) is 14.7 Å². The molecule has 0 heterocycles. The van der Waals surface area contributed by atoms with E-state index in [2.05, 4.69) is 45.0 Å². The first kappa shape index (κ1) is 18.4. The summed E-state index contributed by atoms with van der Waals surface area (Å²) in [5.41, 5.74) is 1.50. The molecular formula is C23H25O2S+. The third-order valence-electron chi connectivity index (χ3n) is 4.90. The average Bonchev–Trinajstić information content (AvgIpc) is 2.65. The van der Waals surface area contributed by atoms with Crippen molar-refractivity contribution < 1.29 is 10.2 Å². The van der Waals surface area contributed by atoms with Gasteiger partial charge in [0.2, 0.25) is 0 Å². The molecule has 0 aromatic heterocycles. The van der Waals surface area contributed by atoms with Crippen molar-refractivity contribution in [1.29, 1.82) is 0 Å². The van der Waals surface area contributed by atoms with Crippen LogP contribution in [0.4, 0.5) is 0 Å². The lowest BCUT2D eigenvalue weighted by Crippen LogP contribution is -2.15. The maximum atomic E-state index is 9.64. The zero-order valence-corrected chi connectivity index (χ0v) is 16.3. The van der Waals surface area contributed by atoms with Crippen LogP contribution in [0.3, 0.4) is 0 Å². The Morgan fingerprint density at radius 2 is 1.00 bits per heavy atom. The van der Waals surface area contributed by atoms with E-state index in [0.29, 0.717) is 0 Å². The second-order valence-electron chi connectivity index (χ2n) is 7.06. The van der Waals surface area contributed by atoms with Crippen molar-refractivity contribution in [2.24, 2.45) is 0 Å². The predicted octanol–water partition coefficient (Wildman–Crippen LogP) is 5.88. The van der Waals surface area contributed by atoms with Gasteiger partial charge < -0.3 is 10.2 Å². The summed E-state index contributed by atoms with van der Waals surface area (Å²) in [6.45, 7) is 6.74. The number of phenols is 2. The van der Waals surface area contributed by atoms with Gasteiger partial charge in [0, 0.05) is 0 Å². The average molecular weight is 366 g/mol. The molecule has 3 rings (SSSR count). The zero-order valence-electron chi connectivity index (χ0n) is 15.4. The normalized spacial score (nSPS) is 11.7. The molecule has 0 saturated heterocycles. The van der Waals surface area contributed by atoms with E-state index in [1.54, 1.807) is 24.3 Å². The van der Waals surface area contributed by atoms with Crippen LogP contribution in [0.25, 0.3) is 0 Å². The highest BCUT2D eigenvalue weighted by Crippen LogP contribution is 2.34. The van der Waals surface area contributed by atoms with Crippen LogP contribution in [0.15, 0.2) is 87.5 Å². The van der Waals surface area contributed by atoms with Crippen LogP contribution in [0, 0.1) is 0 Å². The Bertz CT molecular complexity index is 805. The van der Waals surface area contributed by atoms with Gasteiger partial charge in [-0.3, -0.25) is 0 Å². The van der Waals surface area contributed by atoms with E-state index in [-0.39, 0.29) is 27.8 Å². The Morgan fingerprint density at radius 1 is 0.654 bits per heavy atom. The molecule has 0 unspecified atom stereocenters. The molecule has 0 saturated carbocycles. The first-order chi connectivity index (χ1) is 12.4. The first-order valence-electron chi connectivity index (χ1n) is 8.83. The van der Waals surface area contributed by atoms with E-state index >= 15 is 0 Å². The molecule has 26 heavy (non-hydrogen) atoms.